The maximum Gasteiger partial charge on any atom is 0.416 e. The lowest BCUT2D eigenvalue weighted by molar-refractivity contribution is -0.137. The van der Waals surface area contributed by atoms with E-state index in [0.29, 0.717) is 36.4 Å². The number of alkyl halides is 4. The van der Waals surface area contributed by atoms with E-state index < -0.39 is 17.4 Å². The lowest BCUT2D eigenvalue weighted by Crippen LogP contribution is -2.43. The molecule has 1 aliphatic rings. The van der Waals surface area contributed by atoms with E-state index in [9.17, 15) is 17.6 Å². The molecule has 0 aromatic heterocycles. The van der Waals surface area contributed by atoms with Crippen LogP contribution >= 0.6 is 0 Å². The summed E-state index contributed by atoms with van der Waals surface area (Å²) in [4.78, 5) is 7.13. The molecule has 30 heavy (non-hydrogen) atoms. The molecule has 0 amide bonds. The maximum atomic E-state index is 14.0. The molecule has 2 unspecified atom stereocenters. The van der Waals surface area contributed by atoms with Gasteiger partial charge in [-0.2, -0.15) is 13.2 Å². The Kier molecular flexibility index (Phi) is 8.12. The van der Waals surface area contributed by atoms with Crippen LogP contribution in [0.3, 0.4) is 0 Å². The fourth-order valence-corrected chi connectivity index (χ4v) is 3.61. The third kappa shape index (κ3) is 6.85. The second-order valence-electron chi connectivity index (χ2n) is 8.87. The summed E-state index contributed by atoms with van der Waals surface area (Å²) in [6.45, 7) is 10.5. The van der Waals surface area contributed by atoms with Gasteiger partial charge < -0.3 is 4.90 Å². The van der Waals surface area contributed by atoms with Crippen molar-refractivity contribution in [3.63, 3.8) is 0 Å². The van der Waals surface area contributed by atoms with Gasteiger partial charge in [0.1, 0.15) is 11.5 Å². The van der Waals surface area contributed by atoms with E-state index >= 15 is 0 Å². The predicted octanol–water partition coefficient (Wildman–Crippen LogP) is 7.50. The Balaban J connectivity index is 2.32. The highest BCUT2D eigenvalue weighted by molar-refractivity contribution is 5.90. The zero-order valence-electron chi connectivity index (χ0n) is 18.7. The van der Waals surface area contributed by atoms with Crippen LogP contribution in [0, 0.1) is 5.92 Å². The molecule has 0 bridgehead atoms. The van der Waals surface area contributed by atoms with Crippen LogP contribution in [-0.2, 0) is 6.18 Å². The summed E-state index contributed by atoms with van der Waals surface area (Å²) in [5, 5.41) is 0. The van der Waals surface area contributed by atoms with Crippen molar-refractivity contribution < 1.29 is 17.6 Å². The van der Waals surface area contributed by atoms with E-state index in [-0.39, 0.29) is 6.04 Å². The van der Waals surface area contributed by atoms with Crippen molar-refractivity contribution in [1.29, 1.82) is 0 Å². The first-order chi connectivity index (χ1) is 13.9. The summed E-state index contributed by atoms with van der Waals surface area (Å²) >= 11 is 0. The molecule has 0 saturated heterocycles. The van der Waals surface area contributed by atoms with Crippen LogP contribution in [0.5, 0.6) is 0 Å². The molecule has 1 heterocycles. The summed E-state index contributed by atoms with van der Waals surface area (Å²) in [5.41, 5.74) is -0.520. The third-order valence-corrected chi connectivity index (χ3v) is 5.63. The number of hydrogen-bond donors (Lipinski definition) is 0. The molecule has 0 aliphatic carbocycles. The molecule has 0 fully saturated rings. The largest absolute Gasteiger partial charge is 0.416 e. The fraction of sp³-hybridized carbons (Fsp3) is 0.625. The highest BCUT2D eigenvalue weighted by atomic mass is 19.4. The molecule has 2 rings (SSSR count). The van der Waals surface area contributed by atoms with Gasteiger partial charge in [-0.1, -0.05) is 39.3 Å². The maximum absolute atomic E-state index is 14.0. The van der Waals surface area contributed by atoms with Gasteiger partial charge in [-0.25, -0.2) is 9.38 Å². The predicted molar refractivity (Wildman–Crippen MR) is 116 cm³/mol. The van der Waals surface area contributed by atoms with Crippen molar-refractivity contribution in [3.8, 4) is 0 Å². The summed E-state index contributed by atoms with van der Waals surface area (Å²) in [5.74, 6) is 1.40. The van der Waals surface area contributed by atoms with Crippen molar-refractivity contribution >= 4 is 11.5 Å². The van der Waals surface area contributed by atoms with Crippen molar-refractivity contribution in [2.75, 3.05) is 6.54 Å². The van der Waals surface area contributed by atoms with Gasteiger partial charge >= 0.3 is 6.18 Å². The number of amidine groups is 1. The van der Waals surface area contributed by atoms with Crippen LogP contribution < -0.4 is 0 Å². The number of rotatable bonds is 9. The SMILES string of the molecule is CCC(C)CN1C(CCCC(C)(C)F)=NC(c2ccc(C(F)(F)F)cc2)=CC1CC. The smallest absolute Gasteiger partial charge is 0.353 e. The first kappa shape index (κ1) is 24.4. The van der Waals surface area contributed by atoms with Gasteiger partial charge in [0, 0.05) is 13.0 Å². The summed E-state index contributed by atoms with van der Waals surface area (Å²) in [6, 6.07) is 5.30. The molecule has 6 heteroatoms. The minimum Gasteiger partial charge on any atom is -0.353 e. The van der Waals surface area contributed by atoms with Gasteiger partial charge in [0.15, 0.2) is 0 Å². The van der Waals surface area contributed by atoms with Crippen molar-refractivity contribution in [1.82, 2.24) is 4.90 Å². The van der Waals surface area contributed by atoms with E-state index in [4.69, 9.17) is 4.99 Å². The zero-order chi connectivity index (χ0) is 22.5. The first-order valence-corrected chi connectivity index (χ1v) is 10.9. The molecule has 0 N–H and O–H groups in total. The van der Waals surface area contributed by atoms with Crippen LogP contribution in [0.4, 0.5) is 17.6 Å². The Morgan fingerprint density at radius 3 is 2.20 bits per heavy atom. The standard InChI is InChI=1S/C24H34F4N2/c1-6-17(3)16-30-20(7-2)15-21(29-22(30)9-8-14-23(4,5)25)18-10-12-19(13-11-18)24(26,27)28/h10-13,15,17,20H,6-9,14,16H2,1-5H3. The van der Waals surface area contributed by atoms with E-state index in [0.717, 1.165) is 37.4 Å². The van der Waals surface area contributed by atoms with E-state index in [2.05, 4.69) is 25.7 Å². The number of halogens is 4. The van der Waals surface area contributed by atoms with E-state index in [1.807, 2.05) is 6.08 Å². The molecule has 2 atom stereocenters. The van der Waals surface area contributed by atoms with Crippen LogP contribution in [-0.4, -0.2) is 29.0 Å². The molecule has 1 aliphatic heterocycles. The molecular weight excluding hydrogens is 392 g/mol. The van der Waals surface area contributed by atoms with Gasteiger partial charge in [0.05, 0.1) is 17.3 Å². The summed E-state index contributed by atoms with van der Waals surface area (Å²) in [6.07, 6.45) is 1.38. The summed E-state index contributed by atoms with van der Waals surface area (Å²) in [7, 11) is 0. The quantitative estimate of drug-likeness (QED) is 0.373. The average Bonchev–Trinajstić information content (AvgIpc) is 2.67. The Morgan fingerprint density at radius 1 is 1.07 bits per heavy atom. The normalized spacial score (nSPS) is 18.8. The molecular formula is C24H34F4N2. The Hall–Kier alpha value is -1.85. The zero-order valence-corrected chi connectivity index (χ0v) is 18.7. The van der Waals surface area contributed by atoms with Crippen LogP contribution in [0.2, 0.25) is 0 Å². The molecule has 0 radical (unpaired) electrons. The minimum absolute atomic E-state index is 0.127. The Labute approximate surface area is 178 Å². The number of aliphatic imine (C=N–C) groups is 1. The second kappa shape index (κ2) is 9.97. The summed E-state index contributed by atoms with van der Waals surface area (Å²) < 4.78 is 52.7. The topological polar surface area (TPSA) is 15.6 Å². The van der Waals surface area contributed by atoms with Gasteiger partial charge in [-0.3, -0.25) is 0 Å². The minimum atomic E-state index is -4.36. The van der Waals surface area contributed by atoms with Crippen LogP contribution in [0.15, 0.2) is 35.3 Å². The molecule has 2 nitrogen and oxygen atoms in total. The lowest BCUT2D eigenvalue weighted by atomic mass is 9.98. The van der Waals surface area contributed by atoms with Gasteiger partial charge in [0.2, 0.25) is 0 Å². The number of benzene rings is 1. The van der Waals surface area contributed by atoms with Gasteiger partial charge in [-0.05, 0) is 62.8 Å². The number of hydrogen-bond acceptors (Lipinski definition) is 2. The van der Waals surface area contributed by atoms with Gasteiger partial charge in [-0.15, -0.1) is 0 Å². The molecule has 1 aromatic rings. The van der Waals surface area contributed by atoms with Crippen LogP contribution in [0.1, 0.15) is 77.8 Å². The monoisotopic (exact) mass is 426 g/mol. The Morgan fingerprint density at radius 2 is 1.70 bits per heavy atom. The van der Waals surface area contributed by atoms with Crippen molar-refractivity contribution in [2.24, 2.45) is 10.9 Å². The first-order valence-electron chi connectivity index (χ1n) is 10.9. The average molecular weight is 427 g/mol. The lowest BCUT2D eigenvalue weighted by Gasteiger charge is -2.37. The second-order valence-corrected chi connectivity index (χ2v) is 8.87. The number of nitrogens with zero attached hydrogens (tertiary/aromatic N) is 2. The van der Waals surface area contributed by atoms with E-state index in [1.54, 1.807) is 13.8 Å². The van der Waals surface area contributed by atoms with E-state index in [1.165, 1.54) is 12.1 Å². The molecule has 0 spiro atoms. The highest BCUT2D eigenvalue weighted by Crippen LogP contribution is 2.32. The van der Waals surface area contributed by atoms with Crippen LogP contribution in [0.25, 0.3) is 5.70 Å². The highest BCUT2D eigenvalue weighted by Gasteiger charge is 2.31. The molecule has 1 aromatic carbocycles. The fourth-order valence-electron chi connectivity index (χ4n) is 3.61. The molecule has 168 valence electrons. The van der Waals surface area contributed by atoms with Crippen molar-refractivity contribution in [3.05, 3.63) is 41.5 Å². The molecule has 0 saturated carbocycles. The van der Waals surface area contributed by atoms with Gasteiger partial charge in [0.25, 0.3) is 0 Å². The Bertz CT molecular complexity index is 742. The van der Waals surface area contributed by atoms with Crippen molar-refractivity contribution in [2.45, 2.75) is 84.6 Å². The third-order valence-electron chi connectivity index (χ3n) is 5.63.